The number of carbonyl (C=O) groups excluding carboxylic acids is 1. The van der Waals surface area contributed by atoms with Crippen LogP contribution >= 0.6 is 23.2 Å². The maximum Gasteiger partial charge on any atom is 0.265 e. The van der Waals surface area contributed by atoms with Gasteiger partial charge in [-0.2, -0.15) is 0 Å². The van der Waals surface area contributed by atoms with Gasteiger partial charge in [0.05, 0.1) is 12.1 Å². The summed E-state index contributed by atoms with van der Waals surface area (Å²) in [5, 5.41) is 3.72. The lowest BCUT2D eigenvalue weighted by atomic mass is 10.2. The summed E-state index contributed by atoms with van der Waals surface area (Å²) >= 11 is 12.2. The van der Waals surface area contributed by atoms with Crippen LogP contribution in [0.2, 0.25) is 10.0 Å². The molecule has 2 aromatic carbocycles. The zero-order valence-corrected chi connectivity index (χ0v) is 14.5. The molecule has 0 aliphatic carbocycles. The number of anilines is 1. The maximum absolute atomic E-state index is 12.2. The molecule has 0 fully saturated rings. The second-order valence-corrected chi connectivity index (χ2v) is 5.75. The summed E-state index contributed by atoms with van der Waals surface area (Å²) in [5.41, 5.74) is 1.34. The van der Waals surface area contributed by atoms with E-state index in [1.54, 1.807) is 57.4 Å². The van der Waals surface area contributed by atoms with Gasteiger partial charge >= 0.3 is 0 Å². The highest BCUT2D eigenvalue weighted by Gasteiger charge is 2.18. The molecule has 0 heterocycles. The van der Waals surface area contributed by atoms with Crippen LogP contribution in [0.5, 0.6) is 11.5 Å². The minimum atomic E-state index is -0.723. The Morgan fingerprint density at radius 2 is 1.96 bits per heavy atom. The summed E-state index contributed by atoms with van der Waals surface area (Å²) in [4.78, 5) is 12.2. The van der Waals surface area contributed by atoms with Gasteiger partial charge in [-0.05, 0) is 43.7 Å². The number of ether oxygens (including phenoxy) is 2. The summed E-state index contributed by atoms with van der Waals surface area (Å²) in [6.45, 7) is 3.44. The average Bonchev–Trinajstić information content (AvgIpc) is 2.55. The van der Waals surface area contributed by atoms with Crippen LogP contribution in [-0.4, -0.2) is 19.1 Å². The Morgan fingerprint density at radius 3 is 2.65 bits per heavy atom. The topological polar surface area (TPSA) is 47.6 Å². The van der Waals surface area contributed by atoms with Crippen LogP contribution in [0.25, 0.3) is 0 Å². The fourth-order valence-corrected chi connectivity index (χ4v) is 2.33. The predicted octanol–water partition coefficient (Wildman–Crippen LogP) is 4.72. The van der Waals surface area contributed by atoms with Crippen LogP contribution in [0.15, 0.2) is 36.4 Å². The molecule has 6 heteroatoms. The van der Waals surface area contributed by atoms with Crippen molar-refractivity contribution in [1.29, 1.82) is 0 Å². The first-order valence-electron chi connectivity index (χ1n) is 6.98. The number of benzene rings is 2. The van der Waals surface area contributed by atoms with Gasteiger partial charge in [0.25, 0.3) is 5.91 Å². The van der Waals surface area contributed by atoms with Gasteiger partial charge in [0.2, 0.25) is 0 Å². The molecular formula is C17H17Cl2NO3. The summed E-state index contributed by atoms with van der Waals surface area (Å²) in [5.74, 6) is 0.788. The highest BCUT2D eigenvalue weighted by Crippen LogP contribution is 2.33. The van der Waals surface area contributed by atoms with Gasteiger partial charge in [-0.3, -0.25) is 4.79 Å². The van der Waals surface area contributed by atoms with Gasteiger partial charge in [0, 0.05) is 16.8 Å². The van der Waals surface area contributed by atoms with E-state index in [4.69, 9.17) is 32.7 Å². The van der Waals surface area contributed by atoms with Gasteiger partial charge in [0.1, 0.15) is 11.5 Å². The molecule has 0 saturated heterocycles. The normalized spacial score (nSPS) is 11.7. The Hall–Kier alpha value is -1.91. The standard InChI is InChI=1S/C17H17Cl2NO3/c1-10-14(18)7-8-15(16(10)19)23-11(2)17(21)20-12-5-4-6-13(9-12)22-3/h4-9,11H,1-3H3,(H,20,21). The first-order chi connectivity index (χ1) is 10.9. The van der Waals surface area contributed by atoms with Crippen molar-refractivity contribution in [2.24, 2.45) is 0 Å². The number of nitrogens with one attached hydrogen (secondary N) is 1. The molecule has 1 unspecified atom stereocenters. The molecular weight excluding hydrogens is 337 g/mol. The van der Waals surface area contributed by atoms with Crippen LogP contribution in [0.4, 0.5) is 5.69 Å². The number of rotatable bonds is 5. The lowest BCUT2D eigenvalue weighted by Gasteiger charge is -2.17. The Morgan fingerprint density at radius 1 is 1.22 bits per heavy atom. The minimum Gasteiger partial charge on any atom is -0.497 e. The fourth-order valence-electron chi connectivity index (χ4n) is 1.92. The molecule has 2 rings (SSSR count). The van der Waals surface area contributed by atoms with E-state index in [1.807, 2.05) is 0 Å². The first-order valence-corrected chi connectivity index (χ1v) is 7.74. The number of amides is 1. The van der Waals surface area contributed by atoms with Crippen molar-refractivity contribution < 1.29 is 14.3 Å². The second-order valence-electron chi connectivity index (χ2n) is 4.97. The lowest BCUT2D eigenvalue weighted by molar-refractivity contribution is -0.122. The smallest absolute Gasteiger partial charge is 0.265 e. The van der Waals surface area contributed by atoms with E-state index < -0.39 is 6.10 Å². The maximum atomic E-state index is 12.2. The summed E-state index contributed by atoms with van der Waals surface area (Å²) in [6, 6.07) is 10.4. The van der Waals surface area contributed by atoms with Gasteiger partial charge in [0.15, 0.2) is 6.10 Å². The molecule has 1 N–H and O–H groups in total. The predicted molar refractivity (Wildman–Crippen MR) is 92.9 cm³/mol. The Labute approximate surface area is 145 Å². The van der Waals surface area contributed by atoms with Crippen LogP contribution in [0, 0.1) is 6.92 Å². The number of hydrogen-bond acceptors (Lipinski definition) is 3. The van der Waals surface area contributed by atoms with Crippen molar-refractivity contribution in [3.8, 4) is 11.5 Å². The van der Waals surface area contributed by atoms with Crippen molar-refractivity contribution in [2.75, 3.05) is 12.4 Å². The zero-order valence-electron chi connectivity index (χ0n) is 13.0. The third kappa shape index (κ3) is 4.30. The van der Waals surface area contributed by atoms with Crippen molar-refractivity contribution >= 4 is 34.8 Å². The van der Waals surface area contributed by atoms with Crippen molar-refractivity contribution in [1.82, 2.24) is 0 Å². The molecule has 1 amide bonds. The second kappa shape index (κ2) is 7.57. The molecule has 0 aromatic heterocycles. The monoisotopic (exact) mass is 353 g/mol. The van der Waals surface area contributed by atoms with E-state index in [2.05, 4.69) is 5.32 Å². The Kier molecular flexibility index (Phi) is 5.74. The van der Waals surface area contributed by atoms with Crippen molar-refractivity contribution in [3.05, 3.63) is 52.0 Å². The highest BCUT2D eigenvalue weighted by molar-refractivity contribution is 6.36. The molecule has 23 heavy (non-hydrogen) atoms. The molecule has 0 saturated carbocycles. The molecule has 4 nitrogen and oxygen atoms in total. The number of halogens is 2. The SMILES string of the molecule is COc1cccc(NC(=O)C(C)Oc2ccc(Cl)c(C)c2Cl)c1. The van der Waals surface area contributed by atoms with E-state index in [-0.39, 0.29) is 5.91 Å². The number of methoxy groups -OCH3 is 1. The van der Waals surface area contributed by atoms with Crippen LogP contribution in [0.3, 0.4) is 0 Å². The molecule has 2 aromatic rings. The van der Waals surface area contributed by atoms with E-state index in [0.717, 1.165) is 0 Å². The highest BCUT2D eigenvalue weighted by atomic mass is 35.5. The first kappa shape index (κ1) is 17.4. The number of carbonyl (C=O) groups is 1. The summed E-state index contributed by atoms with van der Waals surface area (Å²) in [6.07, 6.45) is -0.723. The molecule has 0 aliphatic rings. The van der Waals surface area contributed by atoms with Crippen molar-refractivity contribution in [2.45, 2.75) is 20.0 Å². The molecule has 0 aliphatic heterocycles. The van der Waals surface area contributed by atoms with Crippen LogP contribution < -0.4 is 14.8 Å². The fraction of sp³-hybridized carbons (Fsp3) is 0.235. The van der Waals surface area contributed by atoms with Crippen LogP contribution in [-0.2, 0) is 4.79 Å². The minimum absolute atomic E-state index is 0.290. The van der Waals surface area contributed by atoms with E-state index in [1.165, 1.54) is 0 Å². The Balaban J connectivity index is 2.07. The summed E-state index contributed by atoms with van der Waals surface area (Å²) in [7, 11) is 1.57. The molecule has 0 spiro atoms. The molecule has 0 radical (unpaired) electrons. The van der Waals surface area contributed by atoms with E-state index in [0.29, 0.717) is 32.8 Å². The molecule has 122 valence electrons. The van der Waals surface area contributed by atoms with Crippen LogP contribution in [0.1, 0.15) is 12.5 Å². The Bertz CT molecular complexity index is 719. The lowest BCUT2D eigenvalue weighted by Crippen LogP contribution is -2.30. The largest absolute Gasteiger partial charge is 0.497 e. The quantitative estimate of drug-likeness (QED) is 0.845. The third-order valence-electron chi connectivity index (χ3n) is 3.30. The van der Waals surface area contributed by atoms with Gasteiger partial charge in [-0.15, -0.1) is 0 Å². The third-order valence-corrected chi connectivity index (χ3v) is 4.17. The van der Waals surface area contributed by atoms with E-state index >= 15 is 0 Å². The molecule has 1 atom stereocenters. The average molecular weight is 354 g/mol. The van der Waals surface area contributed by atoms with Crippen molar-refractivity contribution in [3.63, 3.8) is 0 Å². The van der Waals surface area contributed by atoms with Gasteiger partial charge in [-0.25, -0.2) is 0 Å². The number of hydrogen-bond donors (Lipinski definition) is 1. The van der Waals surface area contributed by atoms with Gasteiger partial charge < -0.3 is 14.8 Å². The zero-order chi connectivity index (χ0) is 17.0. The molecule has 0 bridgehead atoms. The van der Waals surface area contributed by atoms with E-state index in [9.17, 15) is 4.79 Å². The van der Waals surface area contributed by atoms with Gasteiger partial charge in [-0.1, -0.05) is 29.3 Å². The summed E-state index contributed by atoms with van der Waals surface area (Å²) < 4.78 is 10.8.